The lowest BCUT2D eigenvalue weighted by Crippen LogP contribution is -2.24. The van der Waals surface area contributed by atoms with Gasteiger partial charge < -0.3 is 15.4 Å². The van der Waals surface area contributed by atoms with Gasteiger partial charge in [-0.15, -0.1) is 0 Å². The van der Waals surface area contributed by atoms with Crippen molar-refractivity contribution in [2.75, 3.05) is 18.5 Å². The molecule has 4 nitrogen and oxygen atoms in total. The molecule has 4 heteroatoms. The van der Waals surface area contributed by atoms with Gasteiger partial charge >= 0.3 is 0 Å². The molecule has 0 unspecified atom stereocenters. The second kappa shape index (κ2) is 9.37. The number of hydrogen-bond acceptors (Lipinski definition) is 3. The number of hydrogen-bond donors (Lipinski definition) is 2. The van der Waals surface area contributed by atoms with E-state index in [4.69, 9.17) is 4.74 Å². The maximum Gasteiger partial charge on any atom is 0.224 e. The number of rotatable bonds is 9. The second-order valence-electron chi connectivity index (χ2n) is 5.13. The average molecular weight is 278 g/mol. The van der Waals surface area contributed by atoms with Crippen molar-refractivity contribution in [1.82, 2.24) is 5.32 Å². The molecule has 0 aliphatic rings. The molecular weight excluding hydrogens is 252 g/mol. The van der Waals surface area contributed by atoms with Crippen LogP contribution < -0.4 is 15.4 Å². The van der Waals surface area contributed by atoms with E-state index >= 15 is 0 Å². The Hall–Kier alpha value is -1.55. The summed E-state index contributed by atoms with van der Waals surface area (Å²) in [6.45, 7) is 7.86. The van der Waals surface area contributed by atoms with Crippen molar-refractivity contribution >= 4 is 11.6 Å². The Bertz CT molecular complexity index is 388. The third kappa shape index (κ3) is 7.14. The van der Waals surface area contributed by atoms with E-state index in [1.807, 2.05) is 24.3 Å². The van der Waals surface area contributed by atoms with Gasteiger partial charge in [-0.2, -0.15) is 0 Å². The fourth-order valence-electron chi connectivity index (χ4n) is 1.72. The van der Waals surface area contributed by atoms with Gasteiger partial charge in [0.15, 0.2) is 0 Å². The predicted octanol–water partition coefficient (Wildman–Crippen LogP) is 3.19. The molecular formula is C16H26N2O2. The van der Waals surface area contributed by atoms with Gasteiger partial charge in [0.2, 0.25) is 5.91 Å². The highest BCUT2D eigenvalue weighted by Gasteiger charge is 2.03. The van der Waals surface area contributed by atoms with E-state index in [0.717, 1.165) is 30.8 Å². The first kappa shape index (κ1) is 16.5. The molecule has 0 aromatic heterocycles. The maximum atomic E-state index is 11.7. The van der Waals surface area contributed by atoms with Crippen molar-refractivity contribution in [1.29, 1.82) is 0 Å². The SMILES string of the molecule is CCCOc1ccc(NC(=O)CCCNC(C)C)cc1. The molecule has 0 heterocycles. The highest BCUT2D eigenvalue weighted by atomic mass is 16.5. The number of anilines is 1. The van der Waals surface area contributed by atoms with Crippen LogP contribution in [-0.4, -0.2) is 25.1 Å². The van der Waals surface area contributed by atoms with Crippen LogP contribution in [0.2, 0.25) is 0 Å². The fraction of sp³-hybridized carbons (Fsp3) is 0.562. The zero-order valence-electron chi connectivity index (χ0n) is 12.7. The topological polar surface area (TPSA) is 50.4 Å². The molecule has 0 aliphatic heterocycles. The van der Waals surface area contributed by atoms with Crippen molar-refractivity contribution < 1.29 is 9.53 Å². The number of carbonyl (C=O) groups excluding carboxylic acids is 1. The number of nitrogens with one attached hydrogen (secondary N) is 2. The molecule has 0 radical (unpaired) electrons. The van der Waals surface area contributed by atoms with E-state index in [9.17, 15) is 4.79 Å². The average Bonchev–Trinajstić information content (AvgIpc) is 2.43. The molecule has 112 valence electrons. The first-order valence-corrected chi connectivity index (χ1v) is 7.38. The van der Waals surface area contributed by atoms with Crippen LogP contribution in [0.1, 0.15) is 40.0 Å². The van der Waals surface area contributed by atoms with Gasteiger partial charge in [-0.3, -0.25) is 4.79 Å². The first-order chi connectivity index (χ1) is 9.61. The summed E-state index contributed by atoms with van der Waals surface area (Å²) in [5.74, 6) is 0.892. The van der Waals surface area contributed by atoms with Gasteiger partial charge in [0, 0.05) is 18.2 Å². The monoisotopic (exact) mass is 278 g/mol. The van der Waals surface area contributed by atoms with Crippen molar-refractivity contribution in [3.63, 3.8) is 0 Å². The van der Waals surface area contributed by atoms with Crippen LogP contribution in [0.3, 0.4) is 0 Å². The van der Waals surface area contributed by atoms with Crippen molar-refractivity contribution in [3.8, 4) is 5.75 Å². The van der Waals surface area contributed by atoms with Gasteiger partial charge in [-0.1, -0.05) is 20.8 Å². The zero-order valence-corrected chi connectivity index (χ0v) is 12.7. The van der Waals surface area contributed by atoms with Crippen LogP contribution in [-0.2, 0) is 4.79 Å². The minimum atomic E-state index is 0.0535. The normalized spacial score (nSPS) is 10.6. The standard InChI is InChI=1S/C16H26N2O2/c1-4-12-20-15-9-7-14(8-10-15)18-16(19)6-5-11-17-13(2)3/h7-10,13,17H,4-6,11-12H2,1-3H3,(H,18,19). The summed E-state index contributed by atoms with van der Waals surface area (Å²) in [5.41, 5.74) is 0.815. The highest BCUT2D eigenvalue weighted by Crippen LogP contribution is 2.16. The number of carbonyl (C=O) groups is 1. The van der Waals surface area contributed by atoms with Crippen LogP contribution in [0.15, 0.2) is 24.3 Å². The zero-order chi connectivity index (χ0) is 14.8. The molecule has 2 N–H and O–H groups in total. The summed E-state index contributed by atoms with van der Waals surface area (Å²) in [7, 11) is 0. The van der Waals surface area contributed by atoms with E-state index in [0.29, 0.717) is 19.1 Å². The van der Waals surface area contributed by atoms with Gasteiger partial charge in [-0.25, -0.2) is 0 Å². The van der Waals surface area contributed by atoms with Crippen LogP contribution in [0.25, 0.3) is 0 Å². The van der Waals surface area contributed by atoms with E-state index in [1.54, 1.807) is 0 Å². The van der Waals surface area contributed by atoms with Crippen molar-refractivity contribution in [2.24, 2.45) is 0 Å². The summed E-state index contributed by atoms with van der Waals surface area (Å²) < 4.78 is 5.50. The third-order valence-corrected chi connectivity index (χ3v) is 2.74. The molecule has 0 atom stereocenters. The molecule has 1 aromatic carbocycles. The molecule has 0 saturated heterocycles. The summed E-state index contributed by atoms with van der Waals surface area (Å²) in [6, 6.07) is 7.97. The first-order valence-electron chi connectivity index (χ1n) is 7.38. The lowest BCUT2D eigenvalue weighted by Gasteiger charge is -2.09. The van der Waals surface area contributed by atoms with Crippen LogP contribution in [0, 0.1) is 0 Å². The van der Waals surface area contributed by atoms with Gasteiger partial charge in [-0.05, 0) is 43.7 Å². The van der Waals surface area contributed by atoms with Crippen LogP contribution >= 0.6 is 0 Å². The summed E-state index contributed by atoms with van der Waals surface area (Å²) >= 11 is 0. The van der Waals surface area contributed by atoms with E-state index in [2.05, 4.69) is 31.4 Å². The summed E-state index contributed by atoms with van der Waals surface area (Å²) in [5, 5.41) is 6.19. The Morgan fingerprint density at radius 3 is 2.55 bits per heavy atom. The lowest BCUT2D eigenvalue weighted by molar-refractivity contribution is -0.116. The maximum absolute atomic E-state index is 11.7. The Kier molecular flexibility index (Phi) is 7.73. The molecule has 0 aliphatic carbocycles. The molecule has 20 heavy (non-hydrogen) atoms. The third-order valence-electron chi connectivity index (χ3n) is 2.74. The van der Waals surface area contributed by atoms with E-state index in [1.165, 1.54) is 0 Å². The molecule has 1 rings (SSSR count). The smallest absolute Gasteiger partial charge is 0.224 e. The van der Waals surface area contributed by atoms with E-state index < -0.39 is 0 Å². The summed E-state index contributed by atoms with van der Waals surface area (Å²) in [6.07, 6.45) is 2.37. The van der Waals surface area contributed by atoms with Crippen molar-refractivity contribution in [3.05, 3.63) is 24.3 Å². The minimum Gasteiger partial charge on any atom is -0.494 e. The number of ether oxygens (including phenoxy) is 1. The van der Waals surface area contributed by atoms with Crippen LogP contribution in [0.4, 0.5) is 5.69 Å². The lowest BCUT2D eigenvalue weighted by atomic mass is 10.2. The largest absolute Gasteiger partial charge is 0.494 e. The Morgan fingerprint density at radius 2 is 1.95 bits per heavy atom. The Labute approximate surface area is 121 Å². The van der Waals surface area contributed by atoms with Gasteiger partial charge in [0.1, 0.15) is 5.75 Å². The molecule has 1 amide bonds. The van der Waals surface area contributed by atoms with E-state index in [-0.39, 0.29) is 5.91 Å². The molecule has 0 saturated carbocycles. The molecule has 1 aromatic rings. The Morgan fingerprint density at radius 1 is 1.25 bits per heavy atom. The highest BCUT2D eigenvalue weighted by molar-refractivity contribution is 5.90. The van der Waals surface area contributed by atoms with Gasteiger partial charge in [0.05, 0.1) is 6.61 Å². The number of benzene rings is 1. The molecule has 0 fully saturated rings. The van der Waals surface area contributed by atoms with Crippen molar-refractivity contribution in [2.45, 2.75) is 46.1 Å². The van der Waals surface area contributed by atoms with Gasteiger partial charge in [0.25, 0.3) is 0 Å². The second-order valence-corrected chi connectivity index (χ2v) is 5.13. The minimum absolute atomic E-state index is 0.0535. The van der Waals surface area contributed by atoms with Crippen LogP contribution in [0.5, 0.6) is 5.75 Å². The number of amides is 1. The summed E-state index contributed by atoms with van der Waals surface area (Å²) in [4.78, 5) is 11.7. The predicted molar refractivity (Wildman–Crippen MR) is 83.2 cm³/mol. The molecule has 0 spiro atoms. The Balaban J connectivity index is 2.27. The fourth-order valence-corrected chi connectivity index (χ4v) is 1.72. The molecule has 0 bridgehead atoms. The quantitative estimate of drug-likeness (QED) is 0.682.